The maximum atomic E-state index is 12.8. The van der Waals surface area contributed by atoms with Gasteiger partial charge in [-0.05, 0) is 66.6 Å². The van der Waals surface area contributed by atoms with Crippen LogP contribution in [0, 0.1) is 0 Å². The lowest BCUT2D eigenvalue weighted by Crippen LogP contribution is -2.36. The highest BCUT2D eigenvalue weighted by Gasteiger charge is 2.36. The predicted octanol–water partition coefficient (Wildman–Crippen LogP) is 4.89. The molecule has 0 unspecified atom stereocenters. The Bertz CT molecular complexity index is 1080. The van der Waals surface area contributed by atoms with Crippen LogP contribution in [0.25, 0.3) is 6.08 Å². The molecule has 1 aliphatic heterocycles. The van der Waals surface area contributed by atoms with Crippen LogP contribution in [0.2, 0.25) is 0 Å². The Morgan fingerprint density at radius 2 is 1.85 bits per heavy atom. The SMILES string of the molecule is C=CCOc1ccc(/C=C2/SC(=O)N(CC(=O)Nc3ccc(CC)cc3)C2=O)cc1OCC. The number of hydrogen-bond acceptors (Lipinski definition) is 6. The summed E-state index contributed by atoms with van der Waals surface area (Å²) in [7, 11) is 0. The van der Waals surface area contributed by atoms with Gasteiger partial charge in [0.1, 0.15) is 13.2 Å². The van der Waals surface area contributed by atoms with Gasteiger partial charge in [-0.1, -0.05) is 37.8 Å². The molecule has 1 fully saturated rings. The summed E-state index contributed by atoms with van der Waals surface area (Å²) in [5.74, 6) is 0.142. The fraction of sp³-hybridized carbons (Fsp3) is 0.240. The molecule has 0 aromatic heterocycles. The molecule has 0 spiro atoms. The van der Waals surface area contributed by atoms with E-state index in [1.54, 1.807) is 42.5 Å². The van der Waals surface area contributed by atoms with Crippen molar-refractivity contribution in [3.63, 3.8) is 0 Å². The maximum absolute atomic E-state index is 12.8. The average molecular weight is 467 g/mol. The number of nitrogens with zero attached hydrogens (tertiary/aromatic N) is 1. The number of carbonyl (C=O) groups is 3. The Kier molecular flexibility index (Phi) is 8.32. The van der Waals surface area contributed by atoms with Gasteiger partial charge in [-0.2, -0.15) is 0 Å². The molecule has 2 aromatic carbocycles. The number of thioether (sulfide) groups is 1. The standard InChI is InChI=1S/C25H26N2O5S/c1-4-13-32-20-12-9-18(14-21(20)31-6-3)15-22-24(29)27(25(30)33-22)16-23(28)26-19-10-7-17(5-2)8-11-19/h4,7-12,14-15H,1,5-6,13,16H2,2-3H3,(H,26,28)/b22-15+. The van der Waals surface area contributed by atoms with Crippen LogP contribution in [0.5, 0.6) is 11.5 Å². The Morgan fingerprint density at radius 3 is 2.52 bits per heavy atom. The maximum Gasteiger partial charge on any atom is 0.294 e. The minimum atomic E-state index is -0.508. The molecule has 0 saturated carbocycles. The van der Waals surface area contributed by atoms with E-state index >= 15 is 0 Å². The van der Waals surface area contributed by atoms with Gasteiger partial charge in [0, 0.05) is 5.69 Å². The molecule has 7 nitrogen and oxygen atoms in total. The Hall–Kier alpha value is -3.52. The van der Waals surface area contributed by atoms with Gasteiger partial charge in [-0.15, -0.1) is 0 Å². The highest BCUT2D eigenvalue weighted by molar-refractivity contribution is 8.18. The minimum Gasteiger partial charge on any atom is -0.490 e. The third-order valence-corrected chi connectivity index (χ3v) is 5.65. The summed E-state index contributed by atoms with van der Waals surface area (Å²) in [6.07, 6.45) is 4.14. The van der Waals surface area contributed by atoms with Crippen molar-refractivity contribution in [1.82, 2.24) is 4.90 Å². The summed E-state index contributed by atoms with van der Waals surface area (Å²) < 4.78 is 11.2. The van der Waals surface area contributed by atoms with Crippen LogP contribution in [0.3, 0.4) is 0 Å². The zero-order valence-electron chi connectivity index (χ0n) is 18.6. The van der Waals surface area contributed by atoms with Gasteiger partial charge >= 0.3 is 0 Å². The van der Waals surface area contributed by atoms with Crippen molar-refractivity contribution in [2.45, 2.75) is 20.3 Å². The first-order valence-corrected chi connectivity index (χ1v) is 11.4. The van der Waals surface area contributed by atoms with Gasteiger partial charge in [-0.3, -0.25) is 19.3 Å². The lowest BCUT2D eigenvalue weighted by Gasteiger charge is -2.13. The van der Waals surface area contributed by atoms with E-state index in [9.17, 15) is 14.4 Å². The van der Waals surface area contributed by atoms with E-state index in [1.807, 2.05) is 26.0 Å². The lowest BCUT2D eigenvalue weighted by atomic mass is 10.1. The van der Waals surface area contributed by atoms with Crippen molar-refractivity contribution in [3.05, 3.63) is 71.2 Å². The molecular weight excluding hydrogens is 440 g/mol. The second kappa shape index (κ2) is 11.4. The van der Waals surface area contributed by atoms with E-state index in [4.69, 9.17) is 9.47 Å². The van der Waals surface area contributed by atoms with E-state index in [1.165, 1.54) is 0 Å². The predicted molar refractivity (Wildman–Crippen MR) is 130 cm³/mol. The molecule has 1 saturated heterocycles. The van der Waals surface area contributed by atoms with E-state index in [0.29, 0.717) is 36.0 Å². The van der Waals surface area contributed by atoms with Gasteiger partial charge in [0.2, 0.25) is 5.91 Å². The molecule has 0 atom stereocenters. The Balaban J connectivity index is 1.70. The van der Waals surface area contributed by atoms with Crippen LogP contribution in [0.4, 0.5) is 10.5 Å². The third-order valence-electron chi connectivity index (χ3n) is 4.74. The molecule has 172 valence electrons. The largest absolute Gasteiger partial charge is 0.490 e. The van der Waals surface area contributed by atoms with Crippen LogP contribution in [0.15, 0.2) is 60.0 Å². The average Bonchev–Trinajstić information content (AvgIpc) is 3.06. The lowest BCUT2D eigenvalue weighted by molar-refractivity contribution is -0.127. The molecule has 0 radical (unpaired) electrons. The first-order chi connectivity index (χ1) is 15.9. The van der Waals surface area contributed by atoms with Crippen LogP contribution in [-0.4, -0.2) is 41.7 Å². The summed E-state index contributed by atoms with van der Waals surface area (Å²) >= 11 is 0.800. The summed E-state index contributed by atoms with van der Waals surface area (Å²) in [6.45, 7) is 7.97. The van der Waals surface area contributed by atoms with Gasteiger partial charge in [0.25, 0.3) is 11.1 Å². The van der Waals surface area contributed by atoms with Gasteiger partial charge in [0.15, 0.2) is 11.5 Å². The summed E-state index contributed by atoms with van der Waals surface area (Å²) in [5.41, 5.74) is 2.44. The number of aryl methyl sites for hydroxylation is 1. The normalized spacial score (nSPS) is 14.5. The number of benzene rings is 2. The molecular formula is C25H26N2O5S. The number of carbonyl (C=O) groups excluding carboxylic acids is 3. The van der Waals surface area contributed by atoms with Crippen molar-refractivity contribution in [3.8, 4) is 11.5 Å². The van der Waals surface area contributed by atoms with Crippen LogP contribution < -0.4 is 14.8 Å². The number of amides is 3. The molecule has 0 bridgehead atoms. The molecule has 1 N–H and O–H groups in total. The monoisotopic (exact) mass is 466 g/mol. The fourth-order valence-electron chi connectivity index (χ4n) is 3.11. The van der Waals surface area contributed by atoms with Gasteiger partial charge < -0.3 is 14.8 Å². The number of anilines is 1. The first-order valence-electron chi connectivity index (χ1n) is 10.6. The molecule has 1 heterocycles. The first kappa shape index (κ1) is 24.1. The smallest absolute Gasteiger partial charge is 0.294 e. The number of hydrogen-bond donors (Lipinski definition) is 1. The zero-order valence-corrected chi connectivity index (χ0v) is 19.4. The van der Waals surface area contributed by atoms with Crippen LogP contribution >= 0.6 is 11.8 Å². The van der Waals surface area contributed by atoms with Crippen molar-refractivity contribution in [1.29, 1.82) is 0 Å². The van der Waals surface area contributed by atoms with E-state index in [2.05, 4.69) is 11.9 Å². The van der Waals surface area contributed by atoms with Gasteiger partial charge in [-0.25, -0.2) is 0 Å². The number of nitrogens with one attached hydrogen (secondary N) is 1. The van der Waals surface area contributed by atoms with Gasteiger partial charge in [0.05, 0.1) is 11.5 Å². The zero-order chi connectivity index (χ0) is 23.8. The fourth-order valence-corrected chi connectivity index (χ4v) is 3.94. The van der Waals surface area contributed by atoms with Crippen molar-refractivity contribution in [2.24, 2.45) is 0 Å². The summed E-state index contributed by atoms with van der Waals surface area (Å²) in [4.78, 5) is 38.7. The third kappa shape index (κ3) is 6.26. The van der Waals surface area contributed by atoms with Crippen molar-refractivity contribution < 1.29 is 23.9 Å². The number of imide groups is 1. The number of ether oxygens (including phenoxy) is 2. The van der Waals surface area contributed by atoms with Crippen molar-refractivity contribution in [2.75, 3.05) is 25.1 Å². The highest BCUT2D eigenvalue weighted by atomic mass is 32.2. The highest BCUT2D eigenvalue weighted by Crippen LogP contribution is 2.34. The quantitative estimate of drug-likeness (QED) is 0.397. The van der Waals surface area contributed by atoms with E-state index in [-0.39, 0.29) is 11.4 Å². The van der Waals surface area contributed by atoms with E-state index < -0.39 is 17.1 Å². The molecule has 2 aromatic rings. The molecule has 3 amide bonds. The Morgan fingerprint density at radius 1 is 1.09 bits per heavy atom. The van der Waals surface area contributed by atoms with E-state index in [0.717, 1.165) is 28.6 Å². The molecule has 3 rings (SSSR count). The second-order valence-corrected chi connectivity index (χ2v) is 8.10. The summed E-state index contributed by atoms with van der Waals surface area (Å²) in [5, 5.41) is 2.23. The second-order valence-electron chi connectivity index (χ2n) is 7.11. The van der Waals surface area contributed by atoms with Crippen LogP contribution in [0.1, 0.15) is 25.0 Å². The van der Waals surface area contributed by atoms with Crippen molar-refractivity contribution >= 4 is 40.6 Å². The Labute approximate surface area is 197 Å². The topological polar surface area (TPSA) is 84.9 Å². The molecule has 8 heteroatoms. The summed E-state index contributed by atoms with van der Waals surface area (Å²) in [6, 6.07) is 12.7. The van der Waals surface area contributed by atoms with Crippen LogP contribution in [-0.2, 0) is 16.0 Å². The molecule has 0 aliphatic carbocycles. The molecule has 33 heavy (non-hydrogen) atoms. The number of rotatable bonds is 10. The molecule has 1 aliphatic rings. The minimum absolute atomic E-state index is 0.238.